The summed E-state index contributed by atoms with van der Waals surface area (Å²) in [5, 5.41) is 22.8. The molecule has 2 rings (SSSR count). The number of benzene rings is 1. The maximum Gasteiger partial charge on any atom is 0.312 e. The molecule has 1 atom stereocenters. The van der Waals surface area contributed by atoms with Crippen LogP contribution in [0.1, 0.15) is 23.4 Å². The molecule has 0 bridgehead atoms. The number of nitro groups is 1. The number of thiophene rings is 1. The van der Waals surface area contributed by atoms with E-state index in [1.165, 1.54) is 12.3 Å². The number of rotatable bonds is 4. The monoisotopic (exact) mass is 310 g/mol. The third kappa shape index (κ3) is 3.15. The van der Waals surface area contributed by atoms with Gasteiger partial charge in [-0.2, -0.15) is 0 Å². The number of nitrogens with zero attached hydrogens (tertiary/aromatic N) is 2. The first-order valence-corrected chi connectivity index (χ1v) is 6.98. The number of phenols is 1. The Bertz CT molecular complexity index is 656. The number of halogens is 1. The van der Waals surface area contributed by atoms with Crippen molar-refractivity contribution in [2.75, 3.05) is 0 Å². The Balaban J connectivity index is 2.32. The normalized spacial score (nSPS) is 12.7. The number of nitro benzene ring substituents is 1. The first kappa shape index (κ1) is 14.5. The van der Waals surface area contributed by atoms with Crippen molar-refractivity contribution in [3.63, 3.8) is 0 Å². The number of phenolic OH excluding ortho intramolecular Hbond substituents is 1. The number of hydrogen-bond acceptors (Lipinski definition) is 5. The summed E-state index contributed by atoms with van der Waals surface area (Å²) in [4.78, 5) is 15.5. The first-order valence-electron chi connectivity index (χ1n) is 5.72. The summed E-state index contributed by atoms with van der Waals surface area (Å²) in [7, 11) is 0. The molecule has 0 aliphatic rings. The Hall–Kier alpha value is -1.92. The molecule has 1 aromatic heterocycles. The van der Waals surface area contributed by atoms with Gasteiger partial charge in [0.2, 0.25) is 5.75 Å². The summed E-state index contributed by atoms with van der Waals surface area (Å²) >= 11 is 7.38. The second-order valence-electron chi connectivity index (χ2n) is 4.09. The van der Waals surface area contributed by atoms with Crippen LogP contribution in [-0.4, -0.2) is 16.2 Å². The lowest BCUT2D eigenvalue weighted by Crippen LogP contribution is -1.94. The fourth-order valence-electron chi connectivity index (χ4n) is 1.64. The first-order chi connectivity index (χ1) is 9.49. The molecule has 0 radical (unpaired) electrons. The molecule has 0 aliphatic heterocycles. The van der Waals surface area contributed by atoms with Gasteiger partial charge in [0, 0.05) is 27.7 Å². The van der Waals surface area contributed by atoms with Gasteiger partial charge >= 0.3 is 5.69 Å². The lowest BCUT2D eigenvalue weighted by molar-refractivity contribution is -0.385. The molecule has 0 unspecified atom stereocenters. The number of aliphatic imine (C=N–C) groups is 1. The van der Waals surface area contributed by atoms with Gasteiger partial charge in [0.25, 0.3) is 0 Å². The smallest absolute Gasteiger partial charge is 0.312 e. The summed E-state index contributed by atoms with van der Waals surface area (Å²) in [6, 6.07) is 6.33. The lowest BCUT2D eigenvalue weighted by atomic mass is 10.2. The van der Waals surface area contributed by atoms with Gasteiger partial charge in [0.05, 0.1) is 11.0 Å². The van der Waals surface area contributed by atoms with Crippen LogP contribution in [0.5, 0.6) is 5.75 Å². The van der Waals surface area contributed by atoms with Gasteiger partial charge in [-0.05, 0) is 24.4 Å². The summed E-state index contributed by atoms with van der Waals surface area (Å²) in [6.07, 6.45) is 1.40. The molecule has 1 N–H and O–H groups in total. The van der Waals surface area contributed by atoms with Crippen LogP contribution >= 0.6 is 22.9 Å². The minimum absolute atomic E-state index is 0.0903. The molecule has 0 amide bonds. The van der Waals surface area contributed by atoms with Crippen LogP contribution in [0.15, 0.2) is 34.6 Å². The molecule has 0 saturated carbocycles. The van der Waals surface area contributed by atoms with E-state index in [0.29, 0.717) is 0 Å². The highest BCUT2D eigenvalue weighted by Gasteiger charge is 2.17. The van der Waals surface area contributed by atoms with E-state index >= 15 is 0 Å². The Morgan fingerprint density at radius 3 is 2.90 bits per heavy atom. The molecule has 1 heterocycles. The third-order valence-corrected chi connectivity index (χ3v) is 3.93. The zero-order chi connectivity index (χ0) is 14.7. The van der Waals surface area contributed by atoms with E-state index in [0.717, 1.165) is 10.9 Å². The average Bonchev–Trinajstić information content (AvgIpc) is 2.92. The van der Waals surface area contributed by atoms with E-state index < -0.39 is 16.4 Å². The van der Waals surface area contributed by atoms with Crippen LogP contribution < -0.4 is 0 Å². The molecule has 0 fully saturated rings. The van der Waals surface area contributed by atoms with Gasteiger partial charge in [-0.25, -0.2) is 0 Å². The molecule has 2 aromatic rings. The molecule has 20 heavy (non-hydrogen) atoms. The lowest BCUT2D eigenvalue weighted by Gasteiger charge is -2.04. The SMILES string of the molecule is C[C@@H](N=Cc1cc(Cl)cc([N+](=O)[O-])c1O)c1cccs1. The maximum absolute atomic E-state index is 10.8. The molecule has 1 aromatic carbocycles. The van der Waals surface area contributed by atoms with Crippen LogP contribution in [-0.2, 0) is 0 Å². The van der Waals surface area contributed by atoms with E-state index in [9.17, 15) is 15.2 Å². The third-order valence-electron chi connectivity index (χ3n) is 2.67. The summed E-state index contributed by atoms with van der Waals surface area (Å²) in [6.45, 7) is 1.90. The van der Waals surface area contributed by atoms with Crippen molar-refractivity contribution in [3.8, 4) is 5.75 Å². The topological polar surface area (TPSA) is 75.7 Å². The quantitative estimate of drug-likeness (QED) is 0.522. The highest BCUT2D eigenvalue weighted by Crippen LogP contribution is 2.32. The van der Waals surface area contributed by atoms with Crippen molar-refractivity contribution in [3.05, 3.63) is 55.2 Å². The van der Waals surface area contributed by atoms with Crippen LogP contribution in [0, 0.1) is 10.1 Å². The average molecular weight is 311 g/mol. The summed E-state index contributed by atoms with van der Waals surface area (Å²) < 4.78 is 0. The van der Waals surface area contributed by atoms with Crippen LogP contribution in [0.3, 0.4) is 0 Å². The van der Waals surface area contributed by atoms with Gasteiger partial charge < -0.3 is 5.11 Å². The fourth-order valence-corrected chi connectivity index (χ4v) is 2.59. The molecular weight excluding hydrogens is 300 g/mol. The van der Waals surface area contributed by atoms with Crippen LogP contribution in [0.4, 0.5) is 5.69 Å². The van der Waals surface area contributed by atoms with E-state index in [2.05, 4.69) is 4.99 Å². The summed E-state index contributed by atoms with van der Waals surface area (Å²) in [5.74, 6) is -0.429. The van der Waals surface area contributed by atoms with E-state index in [1.807, 2.05) is 24.4 Å². The van der Waals surface area contributed by atoms with Gasteiger partial charge in [-0.3, -0.25) is 15.1 Å². The minimum atomic E-state index is -0.679. The van der Waals surface area contributed by atoms with Crippen molar-refractivity contribution >= 4 is 34.8 Å². The van der Waals surface area contributed by atoms with E-state index in [-0.39, 0.29) is 16.6 Å². The van der Waals surface area contributed by atoms with Crippen molar-refractivity contribution in [2.24, 2.45) is 4.99 Å². The van der Waals surface area contributed by atoms with Gasteiger partial charge in [-0.1, -0.05) is 17.7 Å². The minimum Gasteiger partial charge on any atom is -0.502 e. The number of aromatic hydroxyl groups is 1. The van der Waals surface area contributed by atoms with Crippen LogP contribution in [0.25, 0.3) is 0 Å². The van der Waals surface area contributed by atoms with Crippen molar-refractivity contribution in [1.29, 1.82) is 0 Å². The van der Waals surface area contributed by atoms with E-state index in [1.54, 1.807) is 11.3 Å². The fraction of sp³-hybridized carbons (Fsp3) is 0.154. The zero-order valence-electron chi connectivity index (χ0n) is 10.5. The Morgan fingerprint density at radius 1 is 1.55 bits per heavy atom. The Labute approximate surface area is 124 Å². The molecule has 7 heteroatoms. The van der Waals surface area contributed by atoms with Gasteiger partial charge in [0.1, 0.15) is 0 Å². The van der Waals surface area contributed by atoms with Crippen molar-refractivity contribution in [1.82, 2.24) is 0 Å². The molecule has 0 saturated heterocycles. The second kappa shape index (κ2) is 6.02. The van der Waals surface area contributed by atoms with Gasteiger partial charge in [0.15, 0.2) is 0 Å². The van der Waals surface area contributed by atoms with Crippen molar-refractivity contribution in [2.45, 2.75) is 13.0 Å². The molecule has 0 spiro atoms. The largest absolute Gasteiger partial charge is 0.502 e. The predicted molar refractivity (Wildman–Crippen MR) is 80.1 cm³/mol. The predicted octanol–water partition coefficient (Wildman–Crippen LogP) is 4.20. The Morgan fingerprint density at radius 2 is 2.30 bits per heavy atom. The van der Waals surface area contributed by atoms with E-state index in [4.69, 9.17) is 11.6 Å². The molecule has 104 valence electrons. The Kier molecular flexibility index (Phi) is 4.36. The molecular formula is C13H11ClN2O3S. The molecule has 5 nitrogen and oxygen atoms in total. The second-order valence-corrected chi connectivity index (χ2v) is 5.51. The van der Waals surface area contributed by atoms with Crippen LogP contribution in [0.2, 0.25) is 5.02 Å². The number of hydrogen-bond donors (Lipinski definition) is 1. The summed E-state index contributed by atoms with van der Waals surface area (Å²) in [5.41, 5.74) is -0.199. The standard InChI is InChI=1S/C13H11ClN2O3S/c1-8(12-3-2-4-20-12)15-7-9-5-10(14)6-11(13(9)17)16(18)19/h2-8,17H,1H3/t8-/m1/s1. The van der Waals surface area contributed by atoms with Gasteiger partial charge in [-0.15, -0.1) is 11.3 Å². The maximum atomic E-state index is 10.8. The zero-order valence-corrected chi connectivity index (χ0v) is 12.1. The highest BCUT2D eigenvalue weighted by molar-refractivity contribution is 7.10. The van der Waals surface area contributed by atoms with Crippen molar-refractivity contribution < 1.29 is 10.0 Å². The molecule has 0 aliphatic carbocycles. The highest BCUT2D eigenvalue weighted by atomic mass is 35.5.